The van der Waals surface area contributed by atoms with Gasteiger partial charge in [0.1, 0.15) is 17.9 Å². The number of para-hydroxylation sites is 2. The quantitative estimate of drug-likeness (QED) is 0.331. The number of imide groups is 2. The maximum atomic E-state index is 13.8. The number of barbiturate groups is 1. The normalized spacial score (nSPS) is 14.9. The summed E-state index contributed by atoms with van der Waals surface area (Å²) in [6, 6.07) is 22.0. The number of rotatable bonds is 5. The van der Waals surface area contributed by atoms with Crippen molar-refractivity contribution in [1.29, 1.82) is 0 Å². The van der Waals surface area contributed by atoms with E-state index < -0.39 is 23.7 Å². The molecule has 0 bridgehead atoms. The van der Waals surface area contributed by atoms with E-state index in [1.807, 2.05) is 30.3 Å². The number of anilines is 2. The third-order valence-electron chi connectivity index (χ3n) is 5.66. The number of nitrogens with one attached hydrogen (secondary N) is 2. The monoisotopic (exact) mass is 482 g/mol. The van der Waals surface area contributed by atoms with Crippen molar-refractivity contribution in [1.82, 2.24) is 9.88 Å². The molecule has 1 aromatic heterocycles. The van der Waals surface area contributed by atoms with Crippen LogP contribution in [0.2, 0.25) is 0 Å². The number of urea groups is 1. The smallest absolute Gasteiger partial charge is 0.331 e. The maximum absolute atomic E-state index is 13.8. The Morgan fingerprint density at radius 2 is 1.67 bits per heavy atom. The fourth-order valence-corrected chi connectivity index (χ4v) is 4.05. The molecule has 0 spiro atoms. The summed E-state index contributed by atoms with van der Waals surface area (Å²) in [4.78, 5) is 51.8. The second kappa shape index (κ2) is 9.30. The van der Waals surface area contributed by atoms with Crippen molar-refractivity contribution >= 4 is 52.1 Å². The molecule has 3 aromatic carbocycles. The summed E-state index contributed by atoms with van der Waals surface area (Å²) >= 11 is 0. The first-order chi connectivity index (χ1) is 17.4. The largest absolute Gasteiger partial charge is 0.335 e. The number of carbonyl (C=O) groups excluding carboxylic acids is 4. The highest BCUT2D eigenvalue weighted by atomic mass is 19.1. The van der Waals surface area contributed by atoms with E-state index in [1.54, 1.807) is 34.9 Å². The van der Waals surface area contributed by atoms with Gasteiger partial charge in [-0.1, -0.05) is 42.5 Å². The van der Waals surface area contributed by atoms with Crippen LogP contribution in [0.5, 0.6) is 0 Å². The molecule has 1 saturated heterocycles. The topological polar surface area (TPSA) is 101 Å². The SMILES string of the molecule is O=C(Cn1c(/C=C2/C(=O)NC(=O)N(c3cccc(F)c3)C2=O)cc2ccccc21)Nc1ccccc1. The fourth-order valence-electron chi connectivity index (χ4n) is 4.05. The molecule has 0 radical (unpaired) electrons. The van der Waals surface area contributed by atoms with Gasteiger partial charge in [0.05, 0.1) is 5.69 Å². The molecular weight excluding hydrogens is 463 g/mol. The number of hydrogen-bond donors (Lipinski definition) is 2. The van der Waals surface area contributed by atoms with Gasteiger partial charge in [-0.15, -0.1) is 0 Å². The van der Waals surface area contributed by atoms with E-state index in [0.717, 1.165) is 11.5 Å². The lowest BCUT2D eigenvalue weighted by Crippen LogP contribution is -2.54. The Bertz CT molecular complexity index is 1560. The second-order valence-electron chi connectivity index (χ2n) is 8.07. The van der Waals surface area contributed by atoms with E-state index in [9.17, 15) is 23.6 Å². The molecule has 2 heterocycles. The number of carbonyl (C=O) groups is 4. The first-order valence-electron chi connectivity index (χ1n) is 11.0. The zero-order valence-electron chi connectivity index (χ0n) is 18.8. The second-order valence-corrected chi connectivity index (χ2v) is 8.07. The Morgan fingerprint density at radius 3 is 2.44 bits per heavy atom. The van der Waals surface area contributed by atoms with Gasteiger partial charge < -0.3 is 9.88 Å². The first kappa shape index (κ1) is 22.7. The number of amides is 5. The molecule has 9 heteroatoms. The van der Waals surface area contributed by atoms with Crippen LogP contribution in [0.3, 0.4) is 0 Å². The number of benzene rings is 3. The van der Waals surface area contributed by atoms with Gasteiger partial charge in [-0.25, -0.2) is 14.1 Å². The van der Waals surface area contributed by atoms with Crippen molar-refractivity contribution < 1.29 is 23.6 Å². The van der Waals surface area contributed by atoms with E-state index in [0.29, 0.717) is 21.8 Å². The molecule has 5 amide bonds. The number of fused-ring (bicyclic) bond motifs is 1. The van der Waals surface area contributed by atoms with Gasteiger partial charge in [0.2, 0.25) is 5.91 Å². The van der Waals surface area contributed by atoms with E-state index in [-0.39, 0.29) is 23.7 Å². The minimum absolute atomic E-state index is 0.0151. The number of halogens is 1. The van der Waals surface area contributed by atoms with E-state index in [4.69, 9.17) is 0 Å². The fraction of sp³-hybridized carbons (Fsp3) is 0.0370. The van der Waals surface area contributed by atoms with Gasteiger partial charge in [-0.05, 0) is 48.5 Å². The Labute approximate surface area is 204 Å². The van der Waals surface area contributed by atoms with Gasteiger partial charge >= 0.3 is 6.03 Å². The van der Waals surface area contributed by atoms with Crippen molar-refractivity contribution in [3.05, 3.63) is 102 Å². The highest BCUT2D eigenvalue weighted by Gasteiger charge is 2.37. The summed E-state index contributed by atoms with van der Waals surface area (Å²) in [7, 11) is 0. The molecule has 178 valence electrons. The zero-order chi connectivity index (χ0) is 25.2. The van der Waals surface area contributed by atoms with E-state index >= 15 is 0 Å². The van der Waals surface area contributed by atoms with Crippen LogP contribution in [0.4, 0.5) is 20.6 Å². The molecule has 1 aliphatic heterocycles. The molecule has 0 atom stereocenters. The van der Waals surface area contributed by atoms with Gasteiger partial charge in [-0.3, -0.25) is 19.7 Å². The van der Waals surface area contributed by atoms with Crippen LogP contribution >= 0.6 is 0 Å². The minimum Gasteiger partial charge on any atom is -0.331 e. The summed E-state index contributed by atoms with van der Waals surface area (Å²) in [5, 5.41) is 5.73. The van der Waals surface area contributed by atoms with Gasteiger partial charge in [-0.2, -0.15) is 0 Å². The molecule has 1 aliphatic rings. The molecular formula is C27H19FN4O4. The molecule has 0 unspecified atom stereocenters. The molecule has 8 nitrogen and oxygen atoms in total. The van der Waals surface area contributed by atoms with Crippen LogP contribution in [0.1, 0.15) is 5.69 Å². The summed E-state index contributed by atoms with van der Waals surface area (Å²) in [6.07, 6.45) is 1.33. The highest BCUT2D eigenvalue weighted by Crippen LogP contribution is 2.26. The van der Waals surface area contributed by atoms with Gasteiger partial charge in [0.15, 0.2) is 0 Å². The number of hydrogen-bond acceptors (Lipinski definition) is 4. The van der Waals surface area contributed by atoms with Crippen LogP contribution in [0.15, 0.2) is 90.5 Å². The molecule has 0 aliphatic carbocycles. The Hall–Kier alpha value is -5.05. The Balaban J connectivity index is 1.53. The standard InChI is InChI=1S/C27H19FN4O4/c28-18-8-6-11-20(14-18)32-26(35)22(25(34)30-27(32)36)15-21-13-17-7-4-5-12-23(17)31(21)16-24(33)29-19-9-2-1-3-10-19/h1-15H,16H2,(H,29,33)(H,30,34,36)/b22-15-. The Kier molecular flexibility index (Phi) is 5.87. The molecule has 1 fully saturated rings. The van der Waals surface area contributed by atoms with Gasteiger partial charge in [0.25, 0.3) is 11.8 Å². The summed E-state index contributed by atoms with van der Waals surface area (Å²) in [6.45, 7) is -0.0934. The lowest BCUT2D eigenvalue weighted by Gasteiger charge is -2.26. The van der Waals surface area contributed by atoms with Crippen LogP contribution < -0.4 is 15.5 Å². The maximum Gasteiger partial charge on any atom is 0.335 e. The van der Waals surface area contributed by atoms with Crippen LogP contribution in [-0.4, -0.2) is 28.3 Å². The van der Waals surface area contributed by atoms with Crippen LogP contribution in [0.25, 0.3) is 17.0 Å². The highest BCUT2D eigenvalue weighted by molar-refractivity contribution is 6.39. The predicted octanol–water partition coefficient (Wildman–Crippen LogP) is 4.09. The lowest BCUT2D eigenvalue weighted by molar-refractivity contribution is -0.122. The van der Waals surface area contributed by atoms with E-state index in [1.165, 1.54) is 24.3 Å². The molecule has 4 aromatic rings. The molecule has 5 rings (SSSR count). The first-order valence-corrected chi connectivity index (χ1v) is 11.0. The van der Waals surface area contributed by atoms with Crippen molar-refractivity contribution in [2.75, 3.05) is 10.2 Å². The average Bonchev–Trinajstić information content (AvgIpc) is 3.19. The van der Waals surface area contributed by atoms with Crippen molar-refractivity contribution in [3.63, 3.8) is 0 Å². The molecule has 2 N–H and O–H groups in total. The molecule has 0 saturated carbocycles. The third-order valence-corrected chi connectivity index (χ3v) is 5.66. The summed E-state index contributed by atoms with van der Waals surface area (Å²) < 4.78 is 15.4. The van der Waals surface area contributed by atoms with Crippen molar-refractivity contribution in [2.24, 2.45) is 0 Å². The summed E-state index contributed by atoms with van der Waals surface area (Å²) in [5.41, 5.74) is 1.41. The summed E-state index contributed by atoms with van der Waals surface area (Å²) in [5.74, 6) is -2.73. The predicted molar refractivity (Wildman–Crippen MR) is 132 cm³/mol. The van der Waals surface area contributed by atoms with Crippen molar-refractivity contribution in [2.45, 2.75) is 6.54 Å². The van der Waals surface area contributed by atoms with Gasteiger partial charge in [0, 0.05) is 22.3 Å². The lowest BCUT2D eigenvalue weighted by atomic mass is 10.1. The third kappa shape index (κ3) is 4.37. The Morgan fingerprint density at radius 1 is 0.917 bits per heavy atom. The van der Waals surface area contributed by atoms with Crippen LogP contribution in [-0.2, 0) is 20.9 Å². The average molecular weight is 482 g/mol. The zero-order valence-corrected chi connectivity index (χ0v) is 18.8. The number of aromatic nitrogens is 1. The van der Waals surface area contributed by atoms with Crippen LogP contribution in [0, 0.1) is 5.82 Å². The van der Waals surface area contributed by atoms with Crippen molar-refractivity contribution in [3.8, 4) is 0 Å². The van der Waals surface area contributed by atoms with E-state index in [2.05, 4.69) is 10.6 Å². The number of nitrogens with zero attached hydrogens (tertiary/aromatic N) is 2. The molecule has 36 heavy (non-hydrogen) atoms. The minimum atomic E-state index is -0.976.